The molecule has 1 aromatic heterocycles. The maximum atomic E-state index is 13.2. The first-order valence-corrected chi connectivity index (χ1v) is 9.40. The second-order valence-corrected chi connectivity index (χ2v) is 6.50. The van der Waals surface area contributed by atoms with Gasteiger partial charge in [-0.2, -0.15) is 0 Å². The summed E-state index contributed by atoms with van der Waals surface area (Å²) in [5, 5.41) is 0. The lowest BCUT2D eigenvalue weighted by Gasteiger charge is -2.14. The van der Waals surface area contributed by atoms with Gasteiger partial charge in [-0.25, -0.2) is 4.98 Å². The highest BCUT2D eigenvalue weighted by Gasteiger charge is 2.23. The Morgan fingerprint density at radius 1 is 1.03 bits per heavy atom. The Kier molecular flexibility index (Phi) is 6.16. The number of unbranched alkanes of at least 4 members (excludes halogenated alkanes) is 1. The lowest BCUT2D eigenvalue weighted by Crippen LogP contribution is -2.29. The molecular formula is C22H24N2O5. The summed E-state index contributed by atoms with van der Waals surface area (Å²) in [6.07, 6.45) is 1.75. The SMILES string of the molecule is CCCCn1c(=O)c(C(=O)c2cc(OC)c(OC)c(OC)c2)nc2ccccc21. The van der Waals surface area contributed by atoms with Gasteiger partial charge in [0.05, 0.1) is 32.4 Å². The van der Waals surface area contributed by atoms with Crippen molar-refractivity contribution in [1.82, 2.24) is 9.55 Å². The molecule has 7 nitrogen and oxygen atoms in total. The van der Waals surface area contributed by atoms with E-state index in [9.17, 15) is 9.59 Å². The molecule has 152 valence electrons. The minimum Gasteiger partial charge on any atom is -0.493 e. The highest BCUT2D eigenvalue weighted by atomic mass is 16.5. The topological polar surface area (TPSA) is 79.7 Å². The molecule has 7 heteroatoms. The molecular weight excluding hydrogens is 372 g/mol. The van der Waals surface area contributed by atoms with Gasteiger partial charge < -0.3 is 18.8 Å². The Labute approximate surface area is 168 Å². The van der Waals surface area contributed by atoms with Crippen molar-refractivity contribution in [2.45, 2.75) is 26.3 Å². The Balaban J connectivity index is 2.19. The van der Waals surface area contributed by atoms with Gasteiger partial charge in [0.2, 0.25) is 11.5 Å². The van der Waals surface area contributed by atoms with Crippen LogP contribution in [0, 0.1) is 0 Å². The average Bonchev–Trinajstić information content (AvgIpc) is 2.76. The number of methoxy groups -OCH3 is 3. The smallest absolute Gasteiger partial charge is 0.281 e. The van der Waals surface area contributed by atoms with E-state index in [0.29, 0.717) is 34.8 Å². The molecule has 2 aromatic carbocycles. The van der Waals surface area contributed by atoms with Crippen LogP contribution in [0.25, 0.3) is 11.0 Å². The van der Waals surface area contributed by atoms with Gasteiger partial charge >= 0.3 is 0 Å². The van der Waals surface area contributed by atoms with Gasteiger partial charge in [0.25, 0.3) is 5.56 Å². The number of benzene rings is 2. The summed E-state index contributed by atoms with van der Waals surface area (Å²) in [4.78, 5) is 30.8. The number of para-hydroxylation sites is 2. The summed E-state index contributed by atoms with van der Waals surface area (Å²) < 4.78 is 17.6. The summed E-state index contributed by atoms with van der Waals surface area (Å²) in [5.41, 5.74) is 1.01. The first-order valence-electron chi connectivity index (χ1n) is 9.40. The van der Waals surface area contributed by atoms with Crippen molar-refractivity contribution < 1.29 is 19.0 Å². The van der Waals surface area contributed by atoms with Gasteiger partial charge in [0.15, 0.2) is 17.2 Å². The number of hydrogen-bond acceptors (Lipinski definition) is 6. The number of nitrogens with zero attached hydrogens (tertiary/aromatic N) is 2. The van der Waals surface area contributed by atoms with E-state index < -0.39 is 11.3 Å². The standard InChI is InChI=1S/C22H24N2O5/c1-5-6-11-24-16-10-8-7-9-15(16)23-19(22(24)26)20(25)14-12-17(27-2)21(29-4)18(13-14)28-3/h7-10,12-13H,5-6,11H2,1-4H3. The number of fused-ring (bicyclic) bond motifs is 1. The van der Waals surface area contributed by atoms with Crippen molar-refractivity contribution in [1.29, 1.82) is 0 Å². The van der Waals surface area contributed by atoms with Gasteiger partial charge in [0.1, 0.15) is 0 Å². The number of rotatable bonds is 8. The quantitative estimate of drug-likeness (QED) is 0.543. The van der Waals surface area contributed by atoms with Crippen LogP contribution in [0.4, 0.5) is 0 Å². The second-order valence-electron chi connectivity index (χ2n) is 6.50. The molecule has 0 saturated heterocycles. The molecule has 1 heterocycles. The summed E-state index contributed by atoms with van der Waals surface area (Å²) >= 11 is 0. The van der Waals surface area contributed by atoms with Crippen LogP contribution in [0.3, 0.4) is 0 Å². The zero-order chi connectivity index (χ0) is 21.0. The first kappa shape index (κ1) is 20.4. The zero-order valence-electron chi connectivity index (χ0n) is 17.0. The number of carbonyl (C=O) groups is 1. The molecule has 0 saturated carbocycles. The molecule has 0 aliphatic heterocycles. The largest absolute Gasteiger partial charge is 0.493 e. The molecule has 0 fully saturated rings. The van der Waals surface area contributed by atoms with Crippen LogP contribution < -0.4 is 19.8 Å². The number of ketones is 1. The molecule has 3 aromatic rings. The summed E-state index contributed by atoms with van der Waals surface area (Å²) in [5.74, 6) is 0.549. The number of ether oxygens (including phenoxy) is 3. The van der Waals surface area contributed by atoms with Crippen LogP contribution in [0.15, 0.2) is 41.2 Å². The van der Waals surface area contributed by atoms with Crippen LogP contribution in [0.2, 0.25) is 0 Å². The molecule has 29 heavy (non-hydrogen) atoms. The Hall–Kier alpha value is -3.35. The van der Waals surface area contributed by atoms with E-state index in [1.54, 1.807) is 10.6 Å². The molecule has 0 amide bonds. The van der Waals surface area contributed by atoms with Gasteiger partial charge in [-0.3, -0.25) is 9.59 Å². The van der Waals surface area contributed by atoms with E-state index in [4.69, 9.17) is 14.2 Å². The van der Waals surface area contributed by atoms with E-state index in [-0.39, 0.29) is 11.3 Å². The normalized spacial score (nSPS) is 10.8. The fourth-order valence-electron chi connectivity index (χ4n) is 3.23. The van der Waals surface area contributed by atoms with Crippen molar-refractivity contribution in [3.63, 3.8) is 0 Å². The minimum atomic E-state index is -0.495. The van der Waals surface area contributed by atoms with E-state index in [1.807, 2.05) is 18.2 Å². The van der Waals surface area contributed by atoms with E-state index in [2.05, 4.69) is 11.9 Å². The van der Waals surface area contributed by atoms with Crippen LogP contribution >= 0.6 is 0 Å². The maximum absolute atomic E-state index is 13.2. The zero-order valence-corrected chi connectivity index (χ0v) is 17.0. The molecule has 0 N–H and O–H groups in total. The third-order valence-electron chi connectivity index (χ3n) is 4.73. The first-order chi connectivity index (χ1) is 14.0. The average molecular weight is 396 g/mol. The monoisotopic (exact) mass is 396 g/mol. The lowest BCUT2D eigenvalue weighted by atomic mass is 10.1. The molecule has 0 spiro atoms. The molecule has 0 radical (unpaired) electrons. The van der Waals surface area contributed by atoms with Crippen LogP contribution in [0.1, 0.15) is 35.8 Å². The molecule has 0 atom stereocenters. The van der Waals surface area contributed by atoms with Gasteiger partial charge in [-0.05, 0) is 30.7 Å². The fourth-order valence-corrected chi connectivity index (χ4v) is 3.23. The number of hydrogen-bond donors (Lipinski definition) is 0. The third kappa shape index (κ3) is 3.81. The predicted molar refractivity (Wildman–Crippen MR) is 110 cm³/mol. The summed E-state index contributed by atoms with van der Waals surface area (Å²) in [6.45, 7) is 2.57. The second kappa shape index (κ2) is 8.77. The van der Waals surface area contributed by atoms with Crippen LogP contribution in [0.5, 0.6) is 17.2 Å². The van der Waals surface area contributed by atoms with Crippen LogP contribution in [-0.2, 0) is 6.54 Å². The summed E-state index contributed by atoms with van der Waals surface area (Å²) in [7, 11) is 4.42. The predicted octanol–water partition coefficient (Wildman–Crippen LogP) is 3.45. The van der Waals surface area contributed by atoms with E-state index in [0.717, 1.165) is 12.8 Å². The van der Waals surface area contributed by atoms with Crippen molar-refractivity contribution in [3.05, 3.63) is 58.0 Å². The van der Waals surface area contributed by atoms with Crippen molar-refractivity contribution in [3.8, 4) is 17.2 Å². The third-order valence-corrected chi connectivity index (χ3v) is 4.73. The maximum Gasteiger partial charge on any atom is 0.281 e. The molecule has 0 aliphatic carbocycles. The van der Waals surface area contributed by atoms with Crippen molar-refractivity contribution in [2.24, 2.45) is 0 Å². The van der Waals surface area contributed by atoms with Gasteiger partial charge in [-0.15, -0.1) is 0 Å². The lowest BCUT2D eigenvalue weighted by molar-refractivity contribution is 0.103. The fraction of sp³-hybridized carbons (Fsp3) is 0.318. The van der Waals surface area contributed by atoms with E-state index >= 15 is 0 Å². The van der Waals surface area contributed by atoms with Crippen molar-refractivity contribution >= 4 is 16.8 Å². The highest BCUT2D eigenvalue weighted by molar-refractivity contribution is 6.09. The molecule has 0 aliphatic rings. The Morgan fingerprint density at radius 2 is 1.69 bits per heavy atom. The Bertz CT molecular complexity index is 1080. The number of aromatic nitrogens is 2. The molecule has 0 unspecified atom stereocenters. The van der Waals surface area contributed by atoms with E-state index in [1.165, 1.54) is 33.5 Å². The Morgan fingerprint density at radius 3 is 2.28 bits per heavy atom. The van der Waals surface area contributed by atoms with Crippen molar-refractivity contribution in [2.75, 3.05) is 21.3 Å². The van der Waals surface area contributed by atoms with Crippen LogP contribution in [-0.4, -0.2) is 36.7 Å². The highest BCUT2D eigenvalue weighted by Crippen LogP contribution is 2.38. The molecule has 3 rings (SSSR count). The number of aryl methyl sites for hydroxylation is 1. The number of carbonyl (C=O) groups excluding carboxylic acids is 1. The van der Waals surface area contributed by atoms with Gasteiger partial charge in [0, 0.05) is 12.1 Å². The van der Waals surface area contributed by atoms with Gasteiger partial charge in [-0.1, -0.05) is 25.5 Å². The minimum absolute atomic E-state index is 0.130. The summed E-state index contributed by atoms with van der Waals surface area (Å²) in [6, 6.07) is 10.4. The molecule has 0 bridgehead atoms.